The molecule has 1 unspecified atom stereocenters. The Hall–Kier alpha value is -3.11. The average Bonchev–Trinajstić information content (AvgIpc) is 2.98. The number of amides is 1. The molecule has 0 saturated carbocycles. The monoisotopic (exact) mass is 372 g/mol. The van der Waals surface area contributed by atoms with E-state index in [4.69, 9.17) is 9.84 Å². The predicted molar refractivity (Wildman–Crippen MR) is 81.0 cm³/mol. The maximum Gasteiger partial charge on any atom is 0.419 e. The third-order valence-electron chi connectivity index (χ3n) is 3.19. The number of hydrogen-bond donors (Lipinski definition) is 2. The molecular weight excluding hydrogens is 357 g/mol. The lowest BCUT2D eigenvalue weighted by Crippen LogP contribution is -2.36. The highest BCUT2D eigenvalue weighted by molar-refractivity contribution is 5.80. The SMILES string of the molecule is CC(Oc1ccccc1C(F)(F)F)C(=O)NCc1cn(CC(=O)O)nn1. The Morgan fingerprint density at radius 2 is 2.04 bits per heavy atom. The van der Waals surface area contributed by atoms with Crippen LogP contribution in [-0.4, -0.2) is 38.1 Å². The normalized spacial score (nSPS) is 12.5. The van der Waals surface area contributed by atoms with Crippen LogP contribution in [0.4, 0.5) is 13.2 Å². The maximum absolute atomic E-state index is 12.9. The second-order valence-electron chi connectivity index (χ2n) is 5.27. The zero-order chi connectivity index (χ0) is 19.3. The van der Waals surface area contributed by atoms with E-state index in [1.165, 1.54) is 25.3 Å². The zero-order valence-electron chi connectivity index (χ0n) is 13.5. The topological polar surface area (TPSA) is 106 Å². The van der Waals surface area contributed by atoms with Crippen LogP contribution in [0.2, 0.25) is 0 Å². The molecule has 1 amide bonds. The van der Waals surface area contributed by atoms with Crippen LogP contribution in [0, 0.1) is 0 Å². The minimum atomic E-state index is -4.60. The van der Waals surface area contributed by atoms with Crippen molar-refractivity contribution in [3.63, 3.8) is 0 Å². The minimum Gasteiger partial charge on any atom is -0.480 e. The van der Waals surface area contributed by atoms with E-state index in [0.29, 0.717) is 5.69 Å². The highest BCUT2D eigenvalue weighted by Gasteiger charge is 2.34. The van der Waals surface area contributed by atoms with Crippen LogP contribution in [0.25, 0.3) is 0 Å². The molecule has 8 nitrogen and oxygen atoms in total. The summed E-state index contributed by atoms with van der Waals surface area (Å²) in [7, 11) is 0. The summed E-state index contributed by atoms with van der Waals surface area (Å²) in [5, 5.41) is 18.3. The van der Waals surface area contributed by atoms with Gasteiger partial charge in [-0.05, 0) is 19.1 Å². The smallest absolute Gasteiger partial charge is 0.419 e. The molecule has 0 saturated heterocycles. The van der Waals surface area contributed by atoms with Crippen molar-refractivity contribution in [2.24, 2.45) is 0 Å². The number of para-hydroxylation sites is 1. The molecule has 26 heavy (non-hydrogen) atoms. The van der Waals surface area contributed by atoms with E-state index in [0.717, 1.165) is 16.8 Å². The van der Waals surface area contributed by atoms with Gasteiger partial charge in [0, 0.05) is 0 Å². The molecule has 1 heterocycles. The lowest BCUT2D eigenvalue weighted by Gasteiger charge is -2.18. The number of carboxylic acids is 1. The highest BCUT2D eigenvalue weighted by Crippen LogP contribution is 2.36. The largest absolute Gasteiger partial charge is 0.480 e. The number of carbonyl (C=O) groups is 2. The van der Waals surface area contributed by atoms with Gasteiger partial charge in [0.15, 0.2) is 6.10 Å². The molecule has 0 bridgehead atoms. The number of aromatic nitrogens is 3. The van der Waals surface area contributed by atoms with Crippen LogP contribution in [0.15, 0.2) is 30.5 Å². The fourth-order valence-corrected chi connectivity index (χ4v) is 2.00. The summed E-state index contributed by atoms with van der Waals surface area (Å²) in [6.07, 6.45) is -4.46. The van der Waals surface area contributed by atoms with Gasteiger partial charge in [0.2, 0.25) is 0 Å². The second-order valence-corrected chi connectivity index (χ2v) is 5.27. The van der Waals surface area contributed by atoms with Gasteiger partial charge in [-0.15, -0.1) is 5.10 Å². The Bertz CT molecular complexity index is 791. The Labute approximate surface area is 145 Å². The van der Waals surface area contributed by atoms with E-state index in [2.05, 4.69) is 15.6 Å². The number of halogens is 3. The van der Waals surface area contributed by atoms with E-state index in [-0.39, 0.29) is 13.1 Å². The van der Waals surface area contributed by atoms with Crippen LogP contribution < -0.4 is 10.1 Å². The van der Waals surface area contributed by atoms with Gasteiger partial charge in [0.1, 0.15) is 18.0 Å². The standard InChI is InChI=1S/C15H15F3N4O4/c1-9(26-12-5-3-2-4-11(12)15(16,17)18)14(25)19-6-10-7-22(21-20-10)8-13(23)24/h2-5,7,9H,6,8H2,1H3,(H,19,25)(H,23,24). The summed E-state index contributed by atoms with van der Waals surface area (Å²) >= 11 is 0. The molecule has 1 aromatic heterocycles. The van der Waals surface area contributed by atoms with Crippen molar-refractivity contribution in [2.75, 3.05) is 0 Å². The number of aliphatic carboxylic acids is 1. The lowest BCUT2D eigenvalue weighted by molar-refractivity contribution is -0.140. The summed E-state index contributed by atoms with van der Waals surface area (Å²) in [6.45, 7) is 0.853. The minimum absolute atomic E-state index is 0.0763. The number of ether oxygens (including phenoxy) is 1. The fourth-order valence-electron chi connectivity index (χ4n) is 2.00. The van der Waals surface area contributed by atoms with Crippen molar-refractivity contribution in [3.8, 4) is 5.75 Å². The first-order valence-electron chi connectivity index (χ1n) is 7.38. The van der Waals surface area contributed by atoms with Gasteiger partial charge in [-0.2, -0.15) is 13.2 Å². The number of nitrogens with one attached hydrogen (secondary N) is 1. The Kier molecular flexibility index (Phi) is 5.80. The summed E-state index contributed by atoms with van der Waals surface area (Å²) in [5.41, 5.74) is -0.682. The van der Waals surface area contributed by atoms with E-state index < -0.39 is 35.5 Å². The number of carboxylic acid groups (broad SMARTS) is 1. The Morgan fingerprint density at radius 1 is 1.35 bits per heavy atom. The van der Waals surface area contributed by atoms with E-state index >= 15 is 0 Å². The van der Waals surface area contributed by atoms with E-state index in [1.807, 2.05) is 0 Å². The van der Waals surface area contributed by atoms with Crippen LogP contribution in [0.1, 0.15) is 18.2 Å². The van der Waals surface area contributed by atoms with Gasteiger partial charge in [0.25, 0.3) is 5.91 Å². The molecule has 11 heteroatoms. The molecule has 0 fully saturated rings. The molecule has 2 rings (SSSR count). The fraction of sp³-hybridized carbons (Fsp3) is 0.333. The second kappa shape index (κ2) is 7.85. The van der Waals surface area contributed by atoms with Crippen molar-refractivity contribution in [1.29, 1.82) is 0 Å². The molecule has 0 aliphatic heterocycles. The lowest BCUT2D eigenvalue weighted by atomic mass is 10.2. The molecular formula is C15H15F3N4O4. The summed E-state index contributed by atoms with van der Waals surface area (Å²) in [4.78, 5) is 22.5. The molecule has 0 aliphatic rings. The van der Waals surface area contributed by atoms with Crippen LogP contribution in [0.3, 0.4) is 0 Å². The highest BCUT2D eigenvalue weighted by atomic mass is 19.4. The van der Waals surface area contributed by atoms with Crippen molar-refractivity contribution < 1.29 is 32.6 Å². The molecule has 2 aromatic rings. The van der Waals surface area contributed by atoms with Crippen molar-refractivity contribution in [1.82, 2.24) is 20.3 Å². The van der Waals surface area contributed by atoms with Crippen LogP contribution in [-0.2, 0) is 28.9 Å². The first-order valence-corrected chi connectivity index (χ1v) is 7.38. The molecule has 140 valence electrons. The zero-order valence-corrected chi connectivity index (χ0v) is 13.5. The van der Waals surface area contributed by atoms with Gasteiger partial charge in [0.05, 0.1) is 18.3 Å². The Balaban J connectivity index is 1.94. The third-order valence-corrected chi connectivity index (χ3v) is 3.19. The van der Waals surface area contributed by atoms with Crippen molar-refractivity contribution >= 4 is 11.9 Å². The van der Waals surface area contributed by atoms with E-state index in [9.17, 15) is 22.8 Å². The summed E-state index contributed by atoms with van der Waals surface area (Å²) in [5.74, 6) is -2.21. The number of carbonyl (C=O) groups excluding carboxylic acids is 1. The Morgan fingerprint density at radius 3 is 2.69 bits per heavy atom. The summed E-state index contributed by atoms with van der Waals surface area (Å²) in [6, 6.07) is 4.58. The third kappa shape index (κ3) is 5.19. The molecule has 0 spiro atoms. The van der Waals surface area contributed by atoms with Gasteiger partial charge in [-0.1, -0.05) is 17.3 Å². The maximum atomic E-state index is 12.9. The number of benzene rings is 1. The van der Waals surface area contributed by atoms with Gasteiger partial charge in [-0.25, -0.2) is 4.68 Å². The number of nitrogens with zero attached hydrogens (tertiary/aromatic N) is 3. The summed E-state index contributed by atoms with van der Waals surface area (Å²) < 4.78 is 45.0. The van der Waals surface area contributed by atoms with E-state index in [1.54, 1.807) is 0 Å². The molecule has 2 N–H and O–H groups in total. The van der Waals surface area contributed by atoms with Gasteiger partial charge < -0.3 is 15.2 Å². The van der Waals surface area contributed by atoms with Crippen molar-refractivity contribution in [3.05, 3.63) is 41.7 Å². The number of rotatable bonds is 7. The van der Waals surface area contributed by atoms with Crippen LogP contribution >= 0.6 is 0 Å². The number of alkyl halides is 3. The predicted octanol–water partition coefficient (Wildman–Crippen LogP) is 1.47. The first-order chi connectivity index (χ1) is 12.2. The number of hydrogen-bond acceptors (Lipinski definition) is 5. The molecule has 0 aliphatic carbocycles. The van der Waals surface area contributed by atoms with Crippen molar-refractivity contribution in [2.45, 2.75) is 32.3 Å². The van der Waals surface area contributed by atoms with Crippen LogP contribution in [0.5, 0.6) is 5.75 Å². The quantitative estimate of drug-likeness (QED) is 0.762. The average molecular weight is 372 g/mol. The molecule has 1 atom stereocenters. The molecule has 0 radical (unpaired) electrons. The first kappa shape index (κ1) is 19.2. The molecule has 1 aromatic carbocycles. The van der Waals surface area contributed by atoms with Gasteiger partial charge in [-0.3, -0.25) is 9.59 Å². The van der Waals surface area contributed by atoms with Gasteiger partial charge >= 0.3 is 12.1 Å².